The third kappa shape index (κ3) is 13.8. The van der Waals surface area contributed by atoms with Crippen LogP contribution in [0.3, 0.4) is 0 Å². The Bertz CT molecular complexity index is 620. The van der Waals surface area contributed by atoms with E-state index in [1.54, 1.807) is 0 Å². The highest BCUT2D eigenvalue weighted by molar-refractivity contribution is 5.77. The molecule has 0 aliphatic heterocycles. The quantitative estimate of drug-likeness (QED) is 0.0620. The van der Waals surface area contributed by atoms with E-state index in [-0.39, 0.29) is 25.8 Å². The first kappa shape index (κ1) is 37.1. The zero-order chi connectivity index (χ0) is 29.5. The van der Waals surface area contributed by atoms with Gasteiger partial charge < -0.3 is 20.1 Å². The van der Waals surface area contributed by atoms with Crippen molar-refractivity contribution in [2.75, 3.05) is 6.54 Å². The van der Waals surface area contributed by atoms with E-state index in [2.05, 4.69) is 6.58 Å². The lowest BCUT2D eigenvalue weighted by molar-refractivity contribution is -0.975. The molecule has 0 saturated heterocycles. The van der Waals surface area contributed by atoms with Gasteiger partial charge in [0.1, 0.15) is 6.04 Å². The third-order valence-electron chi connectivity index (χ3n) is 8.22. The molecule has 0 aliphatic rings. The topological polar surface area (TPSA) is 115 Å². The molecule has 0 radical (unpaired) electrons. The van der Waals surface area contributed by atoms with Crippen molar-refractivity contribution in [2.24, 2.45) is 0 Å². The first-order chi connectivity index (χ1) is 18.7. The zero-order valence-corrected chi connectivity index (χ0v) is 25.3. The number of carbonyl (C=O) groups is 3. The minimum absolute atomic E-state index is 0.206. The smallest absolute Gasteiger partial charge is 0.362 e. The summed E-state index contributed by atoms with van der Waals surface area (Å²) in [5.74, 6) is -3.56. The highest BCUT2D eigenvalue weighted by Crippen LogP contribution is 2.34. The number of aliphatic carboxylic acids is 3. The van der Waals surface area contributed by atoms with Crippen LogP contribution in [-0.2, 0) is 14.4 Å². The molecule has 0 aromatic carbocycles. The number of hydrogen-bond donors (Lipinski definition) is 2. The van der Waals surface area contributed by atoms with E-state index in [1.807, 2.05) is 26.8 Å². The van der Waals surface area contributed by atoms with Gasteiger partial charge in [0.2, 0.25) is 0 Å². The fraction of sp³-hybridized carbons (Fsp3) is 0.844. The van der Waals surface area contributed by atoms with Gasteiger partial charge in [-0.1, -0.05) is 97.5 Å². The number of nitrogens with zero attached hydrogens (tertiary/aromatic N) is 1. The molecule has 228 valence electrons. The Morgan fingerprint density at radius 3 is 1.28 bits per heavy atom. The Balaban J connectivity index is 5.16. The maximum atomic E-state index is 12.5. The molecule has 0 aliphatic carbocycles. The number of hydrogen-bond acceptors (Lipinski definition) is 4. The first-order valence-electron chi connectivity index (χ1n) is 15.9. The normalized spacial score (nSPS) is 15.3. The van der Waals surface area contributed by atoms with E-state index >= 15 is 0 Å². The van der Waals surface area contributed by atoms with Crippen molar-refractivity contribution < 1.29 is 34.2 Å². The van der Waals surface area contributed by atoms with E-state index in [0.717, 1.165) is 32.1 Å². The molecule has 0 rings (SSSR count). The zero-order valence-electron chi connectivity index (χ0n) is 25.3. The molecular formula is C32H59NO6. The largest absolute Gasteiger partial charge is 0.544 e. The fourth-order valence-corrected chi connectivity index (χ4v) is 6.25. The van der Waals surface area contributed by atoms with Gasteiger partial charge in [-0.15, -0.1) is 6.58 Å². The van der Waals surface area contributed by atoms with Crippen LogP contribution in [0.5, 0.6) is 0 Å². The Hall–Kier alpha value is -1.89. The molecule has 2 N–H and O–H groups in total. The first-order valence-corrected chi connectivity index (χ1v) is 15.9. The highest BCUT2D eigenvalue weighted by atomic mass is 16.4. The van der Waals surface area contributed by atoms with E-state index < -0.39 is 40.5 Å². The van der Waals surface area contributed by atoms with E-state index in [0.29, 0.717) is 25.7 Å². The van der Waals surface area contributed by atoms with E-state index in [1.165, 1.54) is 51.4 Å². The molecule has 0 aromatic heterocycles. The summed E-state index contributed by atoms with van der Waals surface area (Å²) < 4.78 is -0.434. The molecule has 39 heavy (non-hydrogen) atoms. The number of unbranched alkanes of at least 4 members (excludes halogenated alkanes) is 13. The Morgan fingerprint density at radius 1 is 0.641 bits per heavy atom. The Kier molecular flexibility index (Phi) is 21.8. The molecule has 0 amide bonds. The molecule has 0 saturated carbocycles. The monoisotopic (exact) mass is 553 g/mol. The number of carboxylic acids is 3. The lowest BCUT2D eigenvalue weighted by Crippen LogP contribution is -2.74. The van der Waals surface area contributed by atoms with Crippen LogP contribution in [0.1, 0.15) is 149 Å². The van der Waals surface area contributed by atoms with E-state index in [9.17, 15) is 29.7 Å². The lowest BCUT2D eigenvalue weighted by atomic mass is 9.91. The van der Waals surface area contributed by atoms with Crippen molar-refractivity contribution in [1.29, 1.82) is 0 Å². The SMILES string of the molecule is C=CCCCCCCCCCCCCCCC[N+](C(CCC)C(=O)[O-])(C(CCC)C(=O)O)C(CCC)C(=O)O. The van der Waals surface area contributed by atoms with Crippen LogP contribution in [0.4, 0.5) is 0 Å². The summed E-state index contributed by atoms with van der Waals surface area (Å²) in [5.41, 5.74) is 0. The van der Waals surface area contributed by atoms with Crippen molar-refractivity contribution >= 4 is 17.9 Å². The second-order valence-corrected chi connectivity index (χ2v) is 11.3. The second-order valence-electron chi connectivity index (χ2n) is 11.3. The summed E-state index contributed by atoms with van der Waals surface area (Å²) in [6.07, 6.45) is 20.3. The lowest BCUT2D eigenvalue weighted by Gasteiger charge is -2.52. The molecule has 0 fully saturated rings. The number of rotatable bonds is 28. The Morgan fingerprint density at radius 2 is 0.974 bits per heavy atom. The number of quaternary nitrogens is 1. The van der Waals surface area contributed by atoms with Crippen LogP contribution in [-0.4, -0.2) is 57.3 Å². The van der Waals surface area contributed by atoms with Gasteiger partial charge in [-0.25, -0.2) is 9.59 Å². The van der Waals surface area contributed by atoms with Crippen LogP contribution in [0, 0.1) is 0 Å². The molecule has 0 bridgehead atoms. The minimum atomic E-state index is -1.33. The summed E-state index contributed by atoms with van der Waals surface area (Å²) in [6.45, 7) is 9.56. The predicted molar refractivity (Wildman–Crippen MR) is 156 cm³/mol. The average molecular weight is 554 g/mol. The molecule has 0 spiro atoms. The van der Waals surface area contributed by atoms with Crippen LogP contribution >= 0.6 is 0 Å². The summed E-state index contributed by atoms with van der Waals surface area (Å²) >= 11 is 0. The molecule has 7 heteroatoms. The predicted octanol–water partition coefficient (Wildman–Crippen LogP) is 6.88. The summed E-state index contributed by atoms with van der Waals surface area (Å²) in [6, 6.07) is -3.32. The number of carbonyl (C=O) groups excluding carboxylic acids is 1. The number of allylic oxidation sites excluding steroid dienone is 1. The standard InChI is InChI=1S/C32H59NO6/c1-5-9-10-11-12-13-14-15-16-17-18-19-20-21-22-26-33(27(23-6-2)30(34)35,28(24-7-3)31(36)37)29(25-8-4)32(38)39/h5,27-29H,1,6-26H2,2-4H3,(H2-,34,35,36,37,38,39). The Labute approximate surface area is 238 Å². The second kappa shape index (κ2) is 22.9. The summed E-state index contributed by atoms with van der Waals surface area (Å²) in [5, 5.41) is 32.9. The van der Waals surface area contributed by atoms with Gasteiger partial charge >= 0.3 is 11.9 Å². The molecule has 3 unspecified atom stereocenters. The van der Waals surface area contributed by atoms with Gasteiger partial charge in [-0.3, -0.25) is 4.48 Å². The van der Waals surface area contributed by atoms with Crippen LogP contribution in [0.15, 0.2) is 12.7 Å². The summed E-state index contributed by atoms with van der Waals surface area (Å²) in [4.78, 5) is 37.5. The molecule has 3 atom stereocenters. The van der Waals surface area contributed by atoms with Gasteiger partial charge in [0.05, 0.1) is 12.5 Å². The van der Waals surface area contributed by atoms with Crippen molar-refractivity contribution in [3.05, 3.63) is 12.7 Å². The van der Waals surface area contributed by atoms with Crippen molar-refractivity contribution in [3.8, 4) is 0 Å². The van der Waals surface area contributed by atoms with Crippen molar-refractivity contribution in [2.45, 2.75) is 167 Å². The third-order valence-corrected chi connectivity index (χ3v) is 8.22. The minimum Gasteiger partial charge on any atom is -0.544 e. The van der Waals surface area contributed by atoms with Crippen molar-refractivity contribution in [3.63, 3.8) is 0 Å². The van der Waals surface area contributed by atoms with Gasteiger partial charge in [-0.05, 0) is 38.5 Å². The highest BCUT2D eigenvalue weighted by Gasteiger charge is 2.54. The van der Waals surface area contributed by atoms with Gasteiger partial charge in [0.15, 0.2) is 12.1 Å². The molecule has 0 aromatic rings. The average Bonchev–Trinajstić information content (AvgIpc) is 2.89. The summed E-state index contributed by atoms with van der Waals surface area (Å²) in [7, 11) is 0. The van der Waals surface area contributed by atoms with Crippen LogP contribution in [0.2, 0.25) is 0 Å². The maximum absolute atomic E-state index is 12.5. The molecule has 7 nitrogen and oxygen atoms in total. The van der Waals surface area contributed by atoms with Gasteiger partial charge in [0.25, 0.3) is 0 Å². The number of carboxylic acid groups (broad SMARTS) is 3. The van der Waals surface area contributed by atoms with E-state index in [4.69, 9.17) is 0 Å². The maximum Gasteiger partial charge on any atom is 0.362 e. The van der Waals surface area contributed by atoms with Crippen molar-refractivity contribution in [1.82, 2.24) is 0 Å². The van der Waals surface area contributed by atoms with Gasteiger partial charge in [-0.2, -0.15) is 0 Å². The van der Waals surface area contributed by atoms with Gasteiger partial charge in [0, 0.05) is 19.3 Å². The fourth-order valence-electron chi connectivity index (χ4n) is 6.25. The molecule has 0 heterocycles. The molecular weight excluding hydrogens is 494 g/mol. The van der Waals surface area contributed by atoms with Crippen LogP contribution in [0.25, 0.3) is 0 Å². The van der Waals surface area contributed by atoms with Crippen LogP contribution < -0.4 is 5.11 Å².